The first-order chi connectivity index (χ1) is 18.7. The van der Waals surface area contributed by atoms with E-state index in [0.717, 1.165) is 22.8 Å². The number of fused-ring (bicyclic) bond motifs is 6. The first-order valence-corrected chi connectivity index (χ1v) is 14.0. The van der Waals surface area contributed by atoms with Crippen LogP contribution in [-0.2, 0) is 33.5 Å². The fraction of sp³-hybridized carbons (Fsp3) is 0.276. The van der Waals surface area contributed by atoms with Crippen molar-refractivity contribution in [3.8, 4) is 5.75 Å². The minimum absolute atomic E-state index is 0.0640. The quantitative estimate of drug-likeness (QED) is 0.237. The number of imide groups is 1. The van der Waals surface area contributed by atoms with E-state index in [9.17, 15) is 22.8 Å². The Kier molecular flexibility index (Phi) is 6.23. The van der Waals surface area contributed by atoms with E-state index >= 15 is 0 Å². The number of esters is 1. The van der Waals surface area contributed by atoms with Crippen molar-refractivity contribution in [3.63, 3.8) is 0 Å². The maximum atomic E-state index is 12.8. The average Bonchev–Trinajstić information content (AvgIpc) is 3.62. The zero-order valence-corrected chi connectivity index (χ0v) is 21.7. The number of ether oxygens (including phenoxy) is 2. The summed E-state index contributed by atoms with van der Waals surface area (Å²) in [7, 11) is -4.45. The summed E-state index contributed by atoms with van der Waals surface area (Å²) >= 11 is 0. The molecule has 9 nitrogen and oxygen atoms in total. The third-order valence-electron chi connectivity index (χ3n) is 7.64. The maximum Gasteiger partial charge on any atom is 0.344 e. The van der Waals surface area contributed by atoms with Gasteiger partial charge in [0.25, 0.3) is 11.8 Å². The summed E-state index contributed by atoms with van der Waals surface area (Å²) in [5, 5.41) is 2.43. The van der Waals surface area contributed by atoms with Crippen LogP contribution in [0.2, 0.25) is 0 Å². The molecule has 5 unspecified atom stereocenters. The van der Waals surface area contributed by atoms with Gasteiger partial charge in [0.15, 0.2) is 6.61 Å². The highest BCUT2D eigenvalue weighted by Gasteiger charge is 2.60. The van der Waals surface area contributed by atoms with Gasteiger partial charge in [-0.2, -0.15) is 8.42 Å². The van der Waals surface area contributed by atoms with Crippen LogP contribution in [-0.4, -0.2) is 37.9 Å². The Balaban J connectivity index is 1.06. The van der Waals surface area contributed by atoms with Crippen LogP contribution in [0.1, 0.15) is 25.0 Å². The molecule has 0 radical (unpaired) electrons. The largest absolute Gasteiger partial charge is 0.482 e. The monoisotopic (exact) mass is 547 g/mol. The standard InChI is InChI=1S/C29H25NO8S/c1-17(23-8-4-6-18-5-2-3-7-24(18)23)37-25(31)16-36-21-11-13-22(14-12-21)39(34,35)38-30-28(32)26-19-9-10-20(15-19)27(26)29(30)33/h2-14,17,19-20,26-27H,15-16H2,1H3. The van der Waals surface area contributed by atoms with Gasteiger partial charge < -0.3 is 9.47 Å². The molecule has 0 N–H and O–H groups in total. The second kappa shape index (κ2) is 9.62. The maximum absolute atomic E-state index is 12.8. The summed E-state index contributed by atoms with van der Waals surface area (Å²) in [6, 6.07) is 18.7. The number of rotatable bonds is 8. The molecule has 3 aromatic carbocycles. The predicted octanol–water partition coefficient (Wildman–Crippen LogP) is 3.95. The number of benzene rings is 3. The Bertz CT molecular complexity index is 1580. The van der Waals surface area contributed by atoms with Crippen molar-refractivity contribution in [1.82, 2.24) is 5.06 Å². The second-order valence-corrected chi connectivity index (χ2v) is 11.5. The first-order valence-electron chi connectivity index (χ1n) is 12.6. The van der Waals surface area contributed by atoms with Crippen molar-refractivity contribution < 1.29 is 36.6 Å². The number of allylic oxidation sites excluding steroid dienone is 2. The van der Waals surface area contributed by atoms with E-state index in [1.807, 2.05) is 54.6 Å². The third-order valence-corrected chi connectivity index (χ3v) is 8.84. The van der Waals surface area contributed by atoms with Crippen molar-refractivity contribution >= 4 is 38.7 Å². The molecule has 1 saturated heterocycles. The minimum Gasteiger partial charge on any atom is -0.482 e. The molecule has 10 heteroatoms. The Morgan fingerprint density at radius 1 is 0.923 bits per heavy atom. The molecule has 0 aromatic heterocycles. The van der Waals surface area contributed by atoms with Crippen LogP contribution >= 0.6 is 0 Å². The van der Waals surface area contributed by atoms with Crippen LogP contribution in [0.15, 0.2) is 83.8 Å². The molecule has 1 saturated carbocycles. The zero-order valence-electron chi connectivity index (χ0n) is 20.9. The molecular weight excluding hydrogens is 522 g/mol. The van der Waals surface area contributed by atoms with Crippen molar-refractivity contribution in [2.45, 2.75) is 24.3 Å². The third kappa shape index (κ3) is 4.49. The Morgan fingerprint density at radius 2 is 1.56 bits per heavy atom. The molecule has 3 aromatic rings. The van der Waals surface area contributed by atoms with Gasteiger partial charge in [0.05, 0.1) is 16.7 Å². The number of amides is 2. The molecule has 2 aliphatic carbocycles. The Labute approximate surface area is 225 Å². The molecule has 0 spiro atoms. The molecule has 3 aliphatic rings. The number of carbonyl (C=O) groups excluding carboxylic acids is 3. The van der Waals surface area contributed by atoms with Crippen LogP contribution in [0.5, 0.6) is 5.75 Å². The van der Waals surface area contributed by atoms with Crippen LogP contribution in [0.3, 0.4) is 0 Å². The van der Waals surface area contributed by atoms with Crippen molar-refractivity contribution in [2.75, 3.05) is 6.61 Å². The van der Waals surface area contributed by atoms with Crippen molar-refractivity contribution in [1.29, 1.82) is 0 Å². The van der Waals surface area contributed by atoms with Crippen LogP contribution < -0.4 is 4.74 Å². The molecule has 6 rings (SSSR count). The molecule has 200 valence electrons. The summed E-state index contributed by atoms with van der Waals surface area (Å²) in [6.07, 6.45) is 4.05. The lowest BCUT2D eigenvalue weighted by Gasteiger charge is -2.17. The van der Waals surface area contributed by atoms with E-state index in [1.54, 1.807) is 6.92 Å². The molecule has 1 heterocycles. The van der Waals surface area contributed by atoms with Gasteiger partial charge >= 0.3 is 16.1 Å². The molecular formula is C29H25NO8S. The Morgan fingerprint density at radius 3 is 2.26 bits per heavy atom. The Hall–Kier alpha value is -4.02. The van der Waals surface area contributed by atoms with E-state index < -0.39 is 45.8 Å². The highest BCUT2D eigenvalue weighted by Crippen LogP contribution is 2.52. The second-order valence-electron chi connectivity index (χ2n) is 9.96. The zero-order chi connectivity index (χ0) is 27.3. The topological polar surface area (TPSA) is 116 Å². The van der Waals surface area contributed by atoms with Crippen LogP contribution in [0.25, 0.3) is 10.8 Å². The highest BCUT2D eigenvalue weighted by atomic mass is 32.2. The molecule has 2 amide bonds. The molecule has 2 bridgehead atoms. The fourth-order valence-electron chi connectivity index (χ4n) is 5.83. The summed E-state index contributed by atoms with van der Waals surface area (Å²) in [4.78, 5) is 37.6. The van der Waals surface area contributed by atoms with Gasteiger partial charge in [0.1, 0.15) is 11.9 Å². The van der Waals surface area contributed by atoms with Crippen LogP contribution in [0, 0.1) is 23.7 Å². The van der Waals surface area contributed by atoms with Crippen molar-refractivity contribution in [3.05, 3.63) is 84.4 Å². The van der Waals surface area contributed by atoms with Gasteiger partial charge in [0.2, 0.25) is 0 Å². The predicted molar refractivity (Wildman–Crippen MR) is 138 cm³/mol. The first kappa shape index (κ1) is 25.3. The highest BCUT2D eigenvalue weighted by molar-refractivity contribution is 7.86. The smallest absolute Gasteiger partial charge is 0.344 e. The number of hydroxylamine groups is 2. The number of carbonyl (C=O) groups is 3. The van der Waals surface area contributed by atoms with Gasteiger partial charge in [-0.3, -0.25) is 9.59 Å². The lowest BCUT2D eigenvalue weighted by molar-refractivity contribution is -0.166. The van der Waals surface area contributed by atoms with E-state index in [-0.39, 0.29) is 29.1 Å². The molecule has 2 fully saturated rings. The van der Waals surface area contributed by atoms with E-state index in [2.05, 4.69) is 0 Å². The van der Waals surface area contributed by atoms with Crippen LogP contribution in [0.4, 0.5) is 0 Å². The molecule has 39 heavy (non-hydrogen) atoms. The number of hydrogen-bond acceptors (Lipinski definition) is 8. The lowest BCUT2D eigenvalue weighted by atomic mass is 9.85. The van der Waals surface area contributed by atoms with Gasteiger partial charge in [0, 0.05) is 0 Å². The molecule has 5 atom stereocenters. The summed E-state index contributed by atoms with van der Waals surface area (Å²) in [6.45, 7) is 1.40. The van der Waals surface area contributed by atoms with E-state index in [0.29, 0.717) is 5.06 Å². The van der Waals surface area contributed by atoms with Gasteiger partial charge in [-0.25, -0.2) is 4.79 Å². The van der Waals surface area contributed by atoms with Gasteiger partial charge in [-0.05, 0) is 65.8 Å². The van der Waals surface area contributed by atoms with Gasteiger partial charge in [-0.1, -0.05) is 54.6 Å². The van der Waals surface area contributed by atoms with Gasteiger partial charge in [-0.15, -0.1) is 9.35 Å². The number of hydrogen-bond donors (Lipinski definition) is 0. The van der Waals surface area contributed by atoms with E-state index in [1.165, 1.54) is 24.3 Å². The summed E-state index contributed by atoms with van der Waals surface area (Å²) in [5.41, 5.74) is 0.874. The SMILES string of the molecule is CC(OC(=O)COc1ccc(S(=O)(=O)ON2C(=O)C3C4C=CC(C4)C3C2=O)cc1)c1cccc2ccccc12. The summed E-state index contributed by atoms with van der Waals surface area (Å²) < 4.78 is 41.6. The fourth-order valence-corrected chi connectivity index (χ4v) is 6.73. The average molecular weight is 548 g/mol. The van der Waals surface area contributed by atoms with E-state index in [4.69, 9.17) is 13.8 Å². The number of nitrogens with zero attached hydrogens (tertiary/aromatic N) is 1. The minimum atomic E-state index is -4.45. The normalized spacial score (nSPS) is 24.3. The lowest BCUT2D eigenvalue weighted by Crippen LogP contribution is -2.35. The van der Waals surface area contributed by atoms with Crippen molar-refractivity contribution in [2.24, 2.45) is 23.7 Å². The molecule has 1 aliphatic heterocycles. The summed E-state index contributed by atoms with van der Waals surface area (Å²) in [5.74, 6) is -2.87.